The fourth-order valence-corrected chi connectivity index (χ4v) is 1.98. The van der Waals surface area contributed by atoms with Crippen molar-refractivity contribution in [2.75, 3.05) is 6.54 Å². The van der Waals surface area contributed by atoms with Gasteiger partial charge in [0, 0.05) is 6.04 Å². The second kappa shape index (κ2) is 9.51. The Hall–Kier alpha value is -0.0400. The molecule has 14 heavy (non-hydrogen) atoms. The first kappa shape index (κ1) is 14.0. The van der Waals surface area contributed by atoms with Gasteiger partial charge in [-0.15, -0.1) is 0 Å². The van der Waals surface area contributed by atoms with Gasteiger partial charge in [-0.25, -0.2) is 0 Å². The molecule has 0 aromatic heterocycles. The Morgan fingerprint density at radius 2 is 1.71 bits per heavy atom. The van der Waals surface area contributed by atoms with E-state index in [1.165, 1.54) is 38.5 Å². The highest BCUT2D eigenvalue weighted by Crippen LogP contribution is 2.19. The van der Waals surface area contributed by atoms with Gasteiger partial charge < -0.3 is 5.32 Å². The van der Waals surface area contributed by atoms with E-state index in [-0.39, 0.29) is 0 Å². The normalized spacial score (nSPS) is 15.4. The fourth-order valence-electron chi connectivity index (χ4n) is 1.98. The zero-order valence-corrected chi connectivity index (χ0v) is 10.6. The van der Waals surface area contributed by atoms with Gasteiger partial charge in [0.2, 0.25) is 0 Å². The minimum Gasteiger partial charge on any atom is -0.315 e. The van der Waals surface area contributed by atoms with Gasteiger partial charge >= 0.3 is 0 Å². The first-order valence-electron chi connectivity index (χ1n) is 6.47. The van der Waals surface area contributed by atoms with Gasteiger partial charge in [-0.3, -0.25) is 0 Å². The highest BCUT2D eigenvalue weighted by Gasteiger charge is 2.07. The van der Waals surface area contributed by atoms with Crippen LogP contribution >= 0.6 is 0 Å². The van der Waals surface area contributed by atoms with Crippen LogP contribution in [0.15, 0.2) is 0 Å². The molecule has 1 heteroatoms. The highest BCUT2D eigenvalue weighted by molar-refractivity contribution is 4.64. The summed E-state index contributed by atoms with van der Waals surface area (Å²) in [5.74, 6) is 0.969. The van der Waals surface area contributed by atoms with Crippen molar-refractivity contribution in [1.82, 2.24) is 5.32 Å². The standard InChI is InChI=1S/C13H29N/c1-5-8-9-13(6-2)11-10-12(4)14-7-3/h12-14H,5-11H2,1-4H3. The third-order valence-electron chi connectivity index (χ3n) is 3.10. The summed E-state index contributed by atoms with van der Waals surface area (Å²) in [6, 6.07) is 0.704. The molecule has 1 nitrogen and oxygen atoms in total. The largest absolute Gasteiger partial charge is 0.315 e. The summed E-state index contributed by atoms with van der Waals surface area (Å²) in [4.78, 5) is 0. The number of rotatable bonds is 9. The van der Waals surface area contributed by atoms with Gasteiger partial charge in [0.15, 0.2) is 0 Å². The minimum absolute atomic E-state index is 0.704. The molecule has 0 bridgehead atoms. The molecule has 0 aliphatic rings. The highest BCUT2D eigenvalue weighted by atomic mass is 14.9. The Bertz CT molecular complexity index is 112. The van der Waals surface area contributed by atoms with Crippen molar-refractivity contribution in [3.05, 3.63) is 0 Å². The van der Waals surface area contributed by atoms with E-state index in [1.54, 1.807) is 0 Å². The molecule has 0 aromatic carbocycles. The van der Waals surface area contributed by atoms with Gasteiger partial charge in [0.25, 0.3) is 0 Å². The van der Waals surface area contributed by atoms with E-state index in [4.69, 9.17) is 0 Å². The fraction of sp³-hybridized carbons (Fsp3) is 1.00. The molecule has 0 spiro atoms. The van der Waals surface area contributed by atoms with Crippen LogP contribution in [0.25, 0.3) is 0 Å². The summed E-state index contributed by atoms with van der Waals surface area (Å²) < 4.78 is 0. The maximum absolute atomic E-state index is 3.48. The predicted molar refractivity (Wildman–Crippen MR) is 65.7 cm³/mol. The van der Waals surface area contributed by atoms with E-state index in [9.17, 15) is 0 Å². The summed E-state index contributed by atoms with van der Waals surface area (Å²) in [7, 11) is 0. The van der Waals surface area contributed by atoms with Crippen molar-refractivity contribution in [2.24, 2.45) is 5.92 Å². The smallest absolute Gasteiger partial charge is 0.00387 e. The summed E-state index contributed by atoms with van der Waals surface area (Å²) in [6.07, 6.45) is 8.30. The lowest BCUT2D eigenvalue weighted by Crippen LogP contribution is -2.26. The summed E-state index contributed by atoms with van der Waals surface area (Å²) in [5.41, 5.74) is 0. The molecule has 0 aliphatic carbocycles. The number of hydrogen-bond acceptors (Lipinski definition) is 1. The van der Waals surface area contributed by atoms with Crippen molar-refractivity contribution in [3.63, 3.8) is 0 Å². The number of hydrogen-bond donors (Lipinski definition) is 1. The average molecular weight is 199 g/mol. The third kappa shape index (κ3) is 7.37. The second-order valence-electron chi connectivity index (χ2n) is 4.45. The van der Waals surface area contributed by atoms with E-state index in [2.05, 4.69) is 33.0 Å². The Labute approximate surface area is 90.7 Å². The monoisotopic (exact) mass is 199 g/mol. The SMILES string of the molecule is CCCCC(CC)CCC(C)NCC. The molecular weight excluding hydrogens is 170 g/mol. The first-order chi connectivity index (χ1) is 6.74. The molecule has 0 saturated heterocycles. The molecule has 0 aliphatic heterocycles. The Balaban J connectivity index is 3.50. The quantitative estimate of drug-likeness (QED) is 0.592. The van der Waals surface area contributed by atoms with Crippen LogP contribution in [0, 0.1) is 5.92 Å². The molecule has 2 unspecified atom stereocenters. The van der Waals surface area contributed by atoms with Crippen LogP contribution in [0.3, 0.4) is 0 Å². The Kier molecular flexibility index (Phi) is 9.49. The molecule has 0 saturated carbocycles. The number of unbranched alkanes of at least 4 members (excludes halogenated alkanes) is 1. The molecular formula is C13H29N. The lowest BCUT2D eigenvalue weighted by Gasteiger charge is -2.18. The first-order valence-corrected chi connectivity index (χ1v) is 6.47. The van der Waals surface area contributed by atoms with Gasteiger partial charge in [0.05, 0.1) is 0 Å². The topological polar surface area (TPSA) is 12.0 Å². The zero-order valence-electron chi connectivity index (χ0n) is 10.6. The van der Waals surface area contributed by atoms with Crippen molar-refractivity contribution in [2.45, 2.75) is 72.3 Å². The predicted octanol–water partition coefficient (Wildman–Crippen LogP) is 3.98. The summed E-state index contributed by atoms with van der Waals surface area (Å²) in [5, 5.41) is 3.48. The van der Waals surface area contributed by atoms with Crippen LogP contribution in [0.2, 0.25) is 0 Å². The van der Waals surface area contributed by atoms with Gasteiger partial charge in [-0.1, -0.05) is 46.5 Å². The number of nitrogens with one attached hydrogen (secondary N) is 1. The molecule has 0 amide bonds. The lowest BCUT2D eigenvalue weighted by molar-refractivity contribution is 0.379. The van der Waals surface area contributed by atoms with Gasteiger partial charge in [-0.2, -0.15) is 0 Å². The van der Waals surface area contributed by atoms with Gasteiger partial charge in [0.1, 0.15) is 0 Å². The molecule has 1 N–H and O–H groups in total. The van der Waals surface area contributed by atoms with Gasteiger partial charge in [-0.05, 0) is 32.2 Å². The molecule has 0 radical (unpaired) electrons. The lowest BCUT2D eigenvalue weighted by atomic mass is 9.93. The molecule has 86 valence electrons. The maximum atomic E-state index is 3.48. The zero-order chi connectivity index (χ0) is 10.8. The van der Waals surface area contributed by atoms with Crippen molar-refractivity contribution < 1.29 is 0 Å². The van der Waals surface area contributed by atoms with E-state index in [0.717, 1.165) is 12.5 Å². The van der Waals surface area contributed by atoms with Crippen LogP contribution in [0.5, 0.6) is 0 Å². The van der Waals surface area contributed by atoms with Crippen LogP contribution in [-0.4, -0.2) is 12.6 Å². The van der Waals surface area contributed by atoms with E-state index in [1.807, 2.05) is 0 Å². The third-order valence-corrected chi connectivity index (χ3v) is 3.10. The molecule has 2 atom stereocenters. The molecule has 0 aromatic rings. The van der Waals surface area contributed by atoms with Crippen molar-refractivity contribution in [1.29, 1.82) is 0 Å². The van der Waals surface area contributed by atoms with Crippen molar-refractivity contribution >= 4 is 0 Å². The van der Waals surface area contributed by atoms with Crippen LogP contribution in [-0.2, 0) is 0 Å². The molecule has 0 heterocycles. The average Bonchev–Trinajstić information content (AvgIpc) is 2.19. The molecule has 0 rings (SSSR count). The minimum atomic E-state index is 0.704. The Morgan fingerprint density at radius 1 is 1.00 bits per heavy atom. The van der Waals surface area contributed by atoms with Crippen LogP contribution in [0.1, 0.15) is 66.2 Å². The van der Waals surface area contributed by atoms with Crippen LogP contribution < -0.4 is 5.32 Å². The summed E-state index contributed by atoms with van der Waals surface area (Å²) in [6.45, 7) is 10.2. The van der Waals surface area contributed by atoms with E-state index in [0.29, 0.717) is 6.04 Å². The second-order valence-corrected chi connectivity index (χ2v) is 4.45. The Morgan fingerprint density at radius 3 is 2.21 bits per heavy atom. The molecule has 0 fully saturated rings. The summed E-state index contributed by atoms with van der Waals surface area (Å²) >= 11 is 0. The van der Waals surface area contributed by atoms with E-state index >= 15 is 0 Å². The van der Waals surface area contributed by atoms with Crippen molar-refractivity contribution in [3.8, 4) is 0 Å². The van der Waals surface area contributed by atoms with Crippen LogP contribution in [0.4, 0.5) is 0 Å². The van der Waals surface area contributed by atoms with E-state index < -0.39 is 0 Å². The maximum Gasteiger partial charge on any atom is 0.00387 e.